The third-order valence-electron chi connectivity index (χ3n) is 4.30. The van der Waals surface area contributed by atoms with Crippen LogP contribution in [-0.4, -0.2) is 56.0 Å². The Bertz CT molecular complexity index is 638. The first-order valence-corrected chi connectivity index (χ1v) is 10.6. The monoisotopic (exact) mass is 372 g/mol. The second-order valence-corrected chi connectivity index (χ2v) is 8.69. The first-order valence-electron chi connectivity index (χ1n) is 8.33. The largest absolute Gasteiger partial charge is 0.342 e. The summed E-state index contributed by atoms with van der Waals surface area (Å²) in [6, 6.07) is 7.31. The van der Waals surface area contributed by atoms with Crippen LogP contribution in [0.3, 0.4) is 0 Å². The highest BCUT2D eigenvalue weighted by molar-refractivity contribution is 7.88. The Hall–Kier alpha value is -1.11. The molecule has 0 aliphatic carbocycles. The molecule has 0 radical (unpaired) electrons. The van der Waals surface area contributed by atoms with Crippen molar-refractivity contribution in [3.05, 3.63) is 34.9 Å². The number of rotatable bonds is 6. The summed E-state index contributed by atoms with van der Waals surface area (Å²) in [5, 5.41) is 0.648. The zero-order chi connectivity index (χ0) is 17.6. The Morgan fingerprint density at radius 1 is 1.12 bits per heavy atom. The van der Waals surface area contributed by atoms with Crippen molar-refractivity contribution in [1.29, 1.82) is 0 Å². The molecule has 0 atom stereocenters. The number of benzene rings is 1. The fraction of sp³-hybridized carbons (Fsp3) is 0.588. The average Bonchev–Trinajstić information content (AvgIpc) is 2.81. The van der Waals surface area contributed by atoms with E-state index in [1.807, 2.05) is 12.1 Å². The van der Waals surface area contributed by atoms with Gasteiger partial charge in [-0.05, 0) is 37.0 Å². The highest BCUT2D eigenvalue weighted by atomic mass is 35.5. The first-order chi connectivity index (χ1) is 11.4. The van der Waals surface area contributed by atoms with Crippen LogP contribution in [0.1, 0.15) is 31.2 Å². The Labute approximate surface area is 149 Å². The lowest BCUT2D eigenvalue weighted by Crippen LogP contribution is -2.43. The van der Waals surface area contributed by atoms with Crippen LogP contribution in [0.4, 0.5) is 0 Å². The van der Waals surface area contributed by atoms with Gasteiger partial charge in [0.15, 0.2) is 0 Å². The van der Waals surface area contributed by atoms with Crippen molar-refractivity contribution in [2.24, 2.45) is 0 Å². The summed E-state index contributed by atoms with van der Waals surface area (Å²) in [6.07, 6.45) is 5.97. The normalized spacial score (nSPS) is 16.2. The number of halogens is 1. The number of amides is 1. The Morgan fingerprint density at radius 2 is 1.71 bits per heavy atom. The summed E-state index contributed by atoms with van der Waals surface area (Å²) in [5.41, 5.74) is 0.996. The quantitative estimate of drug-likeness (QED) is 0.771. The summed E-state index contributed by atoms with van der Waals surface area (Å²) in [5.74, 6) is -0.0987. The van der Waals surface area contributed by atoms with Gasteiger partial charge in [-0.3, -0.25) is 4.79 Å². The number of sulfonamides is 1. The molecule has 1 fully saturated rings. The molecule has 7 heteroatoms. The molecule has 0 saturated carbocycles. The highest BCUT2D eigenvalue weighted by Gasteiger charge is 2.23. The van der Waals surface area contributed by atoms with E-state index in [0.29, 0.717) is 18.0 Å². The molecule has 1 aromatic rings. The molecule has 0 spiro atoms. The molecule has 1 amide bonds. The molecule has 134 valence electrons. The maximum atomic E-state index is 12.5. The topological polar surface area (TPSA) is 57.7 Å². The van der Waals surface area contributed by atoms with Crippen LogP contribution >= 0.6 is 11.6 Å². The maximum absolute atomic E-state index is 12.5. The van der Waals surface area contributed by atoms with Crippen molar-refractivity contribution >= 4 is 27.5 Å². The number of carbonyl (C=O) groups excluding carboxylic acids is 1. The molecule has 0 N–H and O–H groups in total. The summed E-state index contributed by atoms with van der Waals surface area (Å²) in [7, 11) is -3.43. The Kier molecular flexibility index (Phi) is 7.07. The zero-order valence-electron chi connectivity index (χ0n) is 14.1. The fourth-order valence-corrected chi connectivity index (χ4v) is 3.73. The maximum Gasteiger partial charge on any atom is 0.237 e. The van der Waals surface area contributed by atoms with Crippen LogP contribution in [0, 0.1) is 0 Å². The Balaban J connectivity index is 1.97. The van der Waals surface area contributed by atoms with Gasteiger partial charge in [0.2, 0.25) is 15.9 Å². The smallest absolute Gasteiger partial charge is 0.237 e. The minimum Gasteiger partial charge on any atom is -0.342 e. The second-order valence-electron chi connectivity index (χ2n) is 6.27. The zero-order valence-corrected chi connectivity index (χ0v) is 15.7. The molecule has 0 unspecified atom stereocenters. The van der Waals surface area contributed by atoms with E-state index in [-0.39, 0.29) is 12.5 Å². The van der Waals surface area contributed by atoms with Gasteiger partial charge >= 0.3 is 0 Å². The number of hydrogen-bond acceptors (Lipinski definition) is 3. The number of nitrogens with zero attached hydrogens (tertiary/aromatic N) is 2. The standard InChI is InChI=1S/C17H25ClN2O3S/c1-24(22,23)20(13-10-15-6-8-16(18)9-7-15)14-17(21)19-11-4-2-3-5-12-19/h6-9H,2-5,10-14H2,1H3. The van der Waals surface area contributed by atoms with Gasteiger partial charge in [-0.2, -0.15) is 4.31 Å². The van der Waals surface area contributed by atoms with Gasteiger partial charge in [-0.15, -0.1) is 0 Å². The van der Waals surface area contributed by atoms with Crippen molar-refractivity contribution < 1.29 is 13.2 Å². The number of carbonyl (C=O) groups is 1. The van der Waals surface area contributed by atoms with Crippen LogP contribution in [0.5, 0.6) is 0 Å². The molecule has 1 aromatic carbocycles. The average molecular weight is 373 g/mol. The third-order valence-corrected chi connectivity index (χ3v) is 5.80. The van der Waals surface area contributed by atoms with Crippen LogP contribution in [-0.2, 0) is 21.2 Å². The minimum absolute atomic E-state index is 0.0770. The van der Waals surface area contributed by atoms with Gasteiger partial charge in [0.25, 0.3) is 0 Å². The molecule has 5 nitrogen and oxygen atoms in total. The van der Waals surface area contributed by atoms with E-state index in [1.165, 1.54) is 4.31 Å². The SMILES string of the molecule is CS(=O)(=O)N(CCc1ccc(Cl)cc1)CC(=O)N1CCCCCC1. The van der Waals surface area contributed by atoms with Gasteiger partial charge in [-0.25, -0.2) is 8.42 Å². The lowest BCUT2D eigenvalue weighted by atomic mass is 10.1. The Morgan fingerprint density at radius 3 is 2.25 bits per heavy atom. The van der Waals surface area contributed by atoms with Gasteiger partial charge in [0, 0.05) is 24.7 Å². The summed E-state index contributed by atoms with van der Waals surface area (Å²) in [4.78, 5) is 14.3. The van der Waals surface area contributed by atoms with E-state index in [2.05, 4.69) is 0 Å². The van der Waals surface area contributed by atoms with Crippen LogP contribution in [0.15, 0.2) is 24.3 Å². The first kappa shape index (κ1) is 19.2. The molecule has 0 aromatic heterocycles. The molecule has 1 saturated heterocycles. The molecular formula is C17H25ClN2O3S. The van der Waals surface area contributed by atoms with Gasteiger partial charge in [0.1, 0.15) is 0 Å². The molecule has 1 heterocycles. The van der Waals surface area contributed by atoms with Crippen LogP contribution in [0.2, 0.25) is 5.02 Å². The molecule has 1 aliphatic heterocycles. The van der Waals surface area contributed by atoms with E-state index >= 15 is 0 Å². The molecule has 2 rings (SSSR count). The van der Waals surface area contributed by atoms with Crippen molar-refractivity contribution in [2.75, 3.05) is 32.4 Å². The summed E-state index contributed by atoms with van der Waals surface area (Å²) < 4.78 is 25.3. The molecular weight excluding hydrogens is 348 g/mol. The molecule has 1 aliphatic rings. The molecule has 24 heavy (non-hydrogen) atoms. The summed E-state index contributed by atoms with van der Waals surface area (Å²) >= 11 is 5.86. The van der Waals surface area contributed by atoms with Gasteiger partial charge in [-0.1, -0.05) is 36.6 Å². The van der Waals surface area contributed by atoms with E-state index < -0.39 is 10.0 Å². The molecule has 0 bridgehead atoms. The van der Waals surface area contributed by atoms with Gasteiger partial charge in [0.05, 0.1) is 12.8 Å². The van der Waals surface area contributed by atoms with Crippen molar-refractivity contribution in [3.8, 4) is 0 Å². The number of likely N-dealkylation sites (tertiary alicyclic amines) is 1. The highest BCUT2D eigenvalue weighted by Crippen LogP contribution is 2.13. The summed E-state index contributed by atoms with van der Waals surface area (Å²) in [6.45, 7) is 1.67. The van der Waals surface area contributed by atoms with Crippen LogP contribution in [0.25, 0.3) is 0 Å². The predicted molar refractivity (Wildman–Crippen MR) is 96.6 cm³/mol. The van der Waals surface area contributed by atoms with Gasteiger partial charge < -0.3 is 4.90 Å². The third kappa shape index (κ3) is 6.07. The van der Waals surface area contributed by atoms with E-state index in [9.17, 15) is 13.2 Å². The fourth-order valence-electron chi connectivity index (χ4n) is 2.84. The second kappa shape index (κ2) is 8.83. The van der Waals surface area contributed by atoms with Crippen molar-refractivity contribution in [3.63, 3.8) is 0 Å². The lowest BCUT2D eigenvalue weighted by Gasteiger charge is -2.25. The van der Waals surface area contributed by atoms with Crippen molar-refractivity contribution in [1.82, 2.24) is 9.21 Å². The van der Waals surface area contributed by atoms with E-state index in [4.69, 9.17) is 11.6 Å². The van der Waals surface area contributed by atoms with E-state index in [0.717, 1.165) is 50.6 Å². The number of hydrogen-bond donors (Lipinski definition) is 0. The lowest BCUT2D eigenvalue weighted by molar-refractivity contribution is -0.131. The minimum atomic E-state index is -3.43. The van der Waals surface area contributed by atoms with Crippen molar-refractivity contribution in [2.45, 2.75) is 32.1 Å². The predicted octanol–water partition coefficient (Wildman–Crippen LogP) is 2.55. The van der Waals surface area contributed by atoms with E-state index in [1.54, 1.807) is 17.0 Å². The van der Waals surface area contributed by atoms with Crippen LogP contribution < -0.4 is 0 Å².